The van der Waals surface area contributed by atoms with Crippen LogP contribution in [0.4, 0.5) is 0 Å². The van der Waals surface area contributed by atoms with Crippen LogP contribution in [-0.2, 0) is 12.1 Å². The number of rotatable bonds is 0. The first-order valence-corrected chi connectivity index (χ1v) is 2.60. The summed E-state index contributed by atoms with van der Waals surface area (Å²) < 4.78 is 24.8. The molecule has 6 heteroatoms. The molecule has 0 N–H and O–H groups in total. The first-order valence-electron chi connectivity index (χ1n) is 0.866. The van der Waals surface area contributed by atoms with Crippen LogP contribution in [-0.4, -0.2) is 42.6 Å². The predicted molar refractivity (Wildman–Crippen MR) is 24.9 cm³/mol. The molecule has 0 aromatic rings. The van der Waals surface area contributed by atoms with Gasteiger partial charge in [-0.15, -0.1) is 0 Å². The minimum absolute atomic E-state index is 0.611. The predicted octanol–water partition coefficient (Wildman–Crippen LogP) is -2.57. The van der Waals surface area contributed by atoms with Crippen molar-refractivity contribution in [2.24, 2.45) is 0 Å². The summed E-state index contributed by atoms with van der Waals surface area (Å²) >= 11 is 1.22. The molecule has 0 bridgehead atoms. The Hall–Kier alpha value is 0.682. The molecule has 0 atom stereocenters. The Kier molecular flexibility index (Phi) is 711. The Bertz CT molecular complexity index is 13.5. The van der Waals surface area contributed by atoms with Crippen molar-refractivity contribution in [3.8, 4) is 0 Å². The Morgan fingerprint density at radius 3 is 0.833 bits per heavy atom. The molecule has 0 aliphatic heterocycles. The van der Waals surface area contributed by atoms with Gasteiger partial charge in [-0.1, -0.05) is 0 Å². The van der Waals surface area contributed by atoms with Crippen LogP contribution in [0.5, 0.6) is 0 Å². The third kappa shape index (κ3) is 137. The zero-order valence-corrected chi connectivity index (χ0v) is 7.59. The van der Waals surface area contributed by atoms with E-state index >= 15 is 0 Å². The molecular formula is H4Al2O3Si. The first-order chi connectivity index (χ1) is 3.00. The van der Waals surface area contributed by atoms with Crippen molar-refractivity contribution in [2.45, 2.75) is 0 Å². The van der Waals surface area contributed by atoms with Gasteiger partial charge in [0.15, 0.2) is 0 Å². The normalized spacial score (nSPS) is 1.67. The zero-order valence-electron chi connectivity index (χ0n) is 3.35. The van der Waals surface area contributed by atoms with E-state index < -0.39 is 0 Å². The Balaban J connectivity index is -0.0000000225. The van der Waals surface area contributed by atoms with Crippen LogP contribution < -0.4 is 0 Å². The molecule has 0 aromatic heterocycles. The SMILES string of the molecule is O=[SiH2].[O]=[AlH].[O]=[AlH]. The van der Waals surface area contributed by atoms with Gasteiger partial charge in [-0.25, -0.2) is 0 Å². The number of hydrogen-bond donors (Lipinski definition) is 0. The van der Waals surface area contributed by atoms with Crippen LogP contribution in [0.1, 0.15) is 0 Å². The zero-order chi connectivity index (χ0) is 6.00. The van der Waals surface area contributed by atoms with Crippen LogP contribution in [0, 0.1) is 0 Å². The molecule has 0 spiro atoms. The molecule has 0 amide bonds. The molecule has 0 rings (SSSR count). The van der Waals surface area contributed by atoms with E-state index in [1.807, 2.05) is 0 Å². The fourth-order valence-corrected chi connectivity index (χ4v) is 0. The Morgan fingerprint density at radius 1 is 0.833 bits per heavy atom. The van der Waals surface area contributed by atoms with Gasteiger partial charge in [-0.3, -0.25) is 0 Å². The molecular weight excluding hydrogens is 130 g/mol. The monoisotopic (exact) mass is 134 g/mol. The minimum atomic E-state index is 0.611. The third-order valence-electron chi connectivity index (χ3n) is 0. The van der Waals surface area contributed by atoms with Gasteiger partial charge in [0.25, 0.3) is 0 Å². The van der Waals surface area contributed by atoms with Crippen LogP contribution in [0.15, 0.2) is 0 Å². The summed E-state index contributed by atoms with van der Waals surface area (Å²) in [6.07, 6.45) is 0. The second-order valence-corrected chi connectivity index (χ2v) is 0. The van der Waals surface area contributed by atoms with Crippen molar-refractivity contribution >= 4 is 42.6 Å². The van der Waals surface area contributed by atoms with E-state index in [9.17, 15) is 0 Å². The molecule has 0 saturated carbocycles. The molecule has 32 valence electrons. The summed E-state index contributed by atoms with van der Waals surface area (Å²) in [6, 6.07) is 0. The quantitative estimate of drug-likeness (QED) is 0.342. The van der Waals surface area contributed by atoms with Crippen molar-refractivity contribution in [1.29, 1.82) is 0 Å². The van der Waals surface area contributed by atoms with E-state index in [0.29, 0.717) is 42.6 Å². The summed E-state index contributed by atoms with van der Waals surface area (Å²) in [7, 11) is 0.611. The molecule has 0 aromatic carbocycles. The summed E-state index contributed by atoms with van der Waals surface area (Å²) in [5, 5.41) is 0. The van der Waals surface area contributed by atoms with Crippen molar-refractivity contribution < 1.29 is 12.1 Å². The van der Waals surface area contributed by atoms with E-state index in [1.54, 1.807) is 0 Å². The van der Waals surface area contributed by atoms with Gasteiger partial charge in [0.05, 0.1) is 0 Å². The number of hydrogen-bond acceptors (Lipinski definition) is 3. The average molecular weight is 134 g/mol. The van der Waals surface area contributed by atoms with Crippen molar-refractivity contribution in [1.82, 2.24) is 0 Å². The maximum atomic E-state index is 8.28. The molecule has 0 saturated heterocycles. The topological polar surface area (TPSA) is 51.2 Å². The molecule has 0 fully saturated rings. The average Bonchev–Trinajstić information content (AvgIpc) is 1.81. The molecule has 0 radical (unpaired) electrons. The fraction of sp³-hybridized carbons (Fsp3) is 0. The van der Waals surface area contributed by atoms with Gasteiger partial charge in [0.2, 0.25) is 10.1 Å². The van der Waals surface area contributed by atoms with Crippen LogP contribution in [0.2, 0.25) is 0 Å². The Morgan fingerprint density at radius 2 is 0.833 bits per heavy atom. The fourth-order valence-electron chi connectivity index (χ4n) is 0. The van der Waals surface area contributed by atoms with Crippen LogP contribution in [0.3, 0.4) is 0 Å². The van der Waals surface area contributed by atoms with Gasteiger partial charge in [0, 0.05) is 0 Å². The summed E-state index contributed by atoms with van der Waals surface area (Å²) in [5.74, 6) is 0. The molecule has 0 unspecified atom stereocenters. The van der Waals surface area contributed by atoms with Crippen LogP contribution in [0.25, 0.3) is 0 Å². The second kappa shape index (κ2) is 268. The van der Waals surface area contributed by atoms with Gasteiger partial charge in [-0.2, -0.15) is 0 Å². The third-order valence-corrected chi connectivity index (χ3v) is 0. The van der Waals surface area contributed by atoms with Gasteiger partial charge in [0.1, 0.15) is 0 Å². The summed E-state index contributed by atoms with van der Waals surface area (Å²) in [6.45, 7) is 0. The first kappa shape index (κ1) is 15.9. The molecule has 0 heterocycles. The molecule has 6 heavy (non-hydrogen) atoms. The van der Waals surface area contributed by atoms with Crippen molar-refractivity contribution in [3.63, 3.8) is 0 Å². The van der Waals surface area contributed by atoms with Gasteiger partial charge >= 0.3 is 40.1 Å². The second-order valence-electron chi connectivity index (χ2n) is 0. The van der Waals surface area contributed by atoms with Crippen LogP contribution >= 0.6 is 0 Å². The molecule has 3 nitrogen and oxygen atoms in total. The van der Waals surface area contributed by atoms with E-state index in [0.717, 1.165) is 0 Å². The van der Waals surface area contributed by atoms with E-state index in [-0.39, 0.29) is 0 Å². The van der Waals surface area contributed by atoms with E-state index in [1.165, 1.54) is 0 Å². The maximum absolute atomic E-state index is 8.28. The Labute approximate surface area is 54.9 Å². The van der Waals surface area contributed by atoms with Crippen molar-refractivity contribution in [2.75, 3.05) is 0 Å². The van der Waals surface area contributed by atoms with Gasteiger partial charge in [-0.05, 0) is 0 Å². The van der Waals surface area contributed by atoms with E-state index in [4.69, 9.17) is 12.1 Å². The van der Waals surface area contributed by atoms with Crippen molar-refractivity contribution in [3.05, 3.63) is 0 Å². The summed E-state index contributed by atoms with van der Waals surface area (Å²) in [5.41, 5.74) is 0. The molecule has 0 aliphatic carbocycles. The van der Waals surface area contributed by atoms with Gasteiger partial charge < -0.3 is 4.46 Å². The van der Waals surface area contributed by atoms with E-state index in [2.05, 4.69) is 0 Å². The summed E-state index contributed by atoms with van der Waals surface area (Å²) in [4.78, 5) is 0. The molecule has 0 aliphatic rings. The standard InChI is InChI=1S/2Al.H2OSi.2O.2H/c;;1-2;;;;/h;;2H2;;;;.